The summed E-state index contributed by atoms with van der Waals surface area (Å²) in [5.74, 6) is 0.806. The van der Waals surface area contributed by atoms with Gasteiger partial charge >= 0.3 is 0 Å². The smallest absolute Gasteiger partial charge is 0.222 e. The summed E-state index contributed by atoms with van der Waals surface area (Å²) in [5.41, 5.74) is 13.4. The number of aryl methyl sites for hydroxylation is 2. The number of carbonyl (C=O) groups excluding carboxylic acids is 1. The second kappa shape index (κ2) is 12.5. The first-order valence-electron chi connectivity index (χ1n) is 9.52. The third-order valence-electron chi connectivity index (χ3n) is 4.36. The van der Waals surface area contributed by atoms with Crippen LogP contribution in [0.5, 0.6) is 5.75 Å². The number of amides is 1. The second-order valence-corrected chi connectivity index (χ2v) is 6.52. The number of ether oxygens (including phenoxy) is 1. The van der Waals surface area contributed by atoms with Crippen molar-refractivity contribution in [2.45, 2.75) is 20.5 Å². The van der Waals surface area contributed by atoms with Crippen molar-refractivity contribution in [2.24, 2.45) is 0 Å². The van der Waals surface area contributed by atoms with Crippen LogP contribution in [0.1, 0.15) is 16.8 Å². The molecule has 3 rings (SSSR count). The molecule has 1 aromatic heterocycles. The molecule has 1 heterocycles. The van der Waals surface area contributed by atoms with E-state index in [1.807, 2.05) is 75.5 Å². The summed E-state index contributed by atoms with van der Waals surface area (Å²) < 4.78 is 6.07. The van der Waals surface area contributed by atoms with E-state index in [0.29, 0.717) is 13.0 Å². The van der Waals surface area contributed by atoms with Gasteiger partial charge in [0.25, 0.3) is 0 Å². The molecule has 0 atom stereocenters. The second-order valence-electron chi connectivity index (χ2n) is 6.52. The Hall–Kier alpha value is -3.20. The van der Waals surface area contributed by atoms with E-state index in [0.717, 1.165) is 39.5 Å². The van der Waals surface area contributed by atoms with Gasteiger partial charge in [0.05, 0.1) is 17.1 Å². The van der Waals surface area contributed by atoms with Gasteiger partial charge in [0.1, 0.15) is 12.4 Å². The van der Waals surface area contributed by atoms with Crippen molar-refractivity contribution in [1.82, 2.24) is 26.7 Å². The number of hydrogen-bond donors (Lipinski definition) is 3. The van der Waals surface area contributed by atoms with Crippen LogP contribution in [0.3, 0.4) is 0 Å². The van der Waals surface area contributed by atoms with Crippen LogP contribution >= 0.6 is 11.6 Å². The Morgan fingerprint density at radius 2 is 1.84 bits per heavy atom. The summed E-state index contributed by atoms with van der Waals surface area (Å²) in [5, 5.41) is 10.1. The Kier molecular flexibility index (Phi) is 9.70. The van der Waals surface area contributed by atoms with Gasteiger partial charge in [-0.15, -0.1) is 11.6 Å². The maximum atomic E-state index is 10.4. The summed E-state index contributed by atoms with van der Waals surface area (Å²) in [6.45, 7) is 4.32. The van der Waals surface area contributed by atoms with Gasteiger partial charge in [-0.3, -0.25) is 15.2 Å². The van der Waals surface area contributed by atoms with Gasteiger partial charge in [0.2, 0.25) is 6.41 Å². The summed E-state index contributed by atoms with van der Waals surface area (Å²) in [6, 6.07) is 17.7. The van der Waals surface area contributed by atoms with Gasteiger partial charge in [-0.1, -0.05) is 18.2 Å². The number of nitrogens with one attached hydrogen (secondary N) is 3. The molecule has 2 aromatic carbocycles. The lowest BCUT2D eigenvalue weighted by Gasteiger charge is -2.23. The molecule has 0 radical (unpaired) electrons. The van der Waals surface area contributed by atoms with Gasteiger partial charge in [0.15, 0.2) is 0 Å². The van der Waals surface area contributed by atoms with Crippen molar-refractivity contribution >= 4 is 23.7 Å². The zero-order valence-corrected chi connectivity index (χ0v) is 18.8. The highest BCUT2D eigenvalue weighted by Gasteiger charge is 2.09. The summed E-state index contributed by atoms with van der Waals surface area (Å²) in [7, 11) is 1.83. The number of nitrogens with zero attached hydrogens (tertiary/aromatic N) is 3. The molecule has 0 bridgehead atoms. The molecule has 0 spiro atoms. The van der Waals surface area contributed by atoms with Crippen molar-refractivity contribution in [1.29, 1.82) is 0 Å². The summed E-state index contributed by atoms with van der Waals surface area (Å²) in [4.78, 5) is 10.4. The lowest BCUT2D eigenvalue weighted by atomic mass is 10.1. The van der Waals surface area contributed by atoms with E-state index in [1.54, 1.807) is 5.01 Å². The lowest BCUT2D eigenvalue weighted by Crippen LogP contribution is -2.51. The van der Waals surface area contributed by atoms with E-state index < -0.39 is 0 Å². The molecule has 0 aliphatic heterocycles. The Morgan fingerprint density at radius 1 is 1.06 bits per heavy atom. The SMILES string of the molecule is CCl.Cc1ccc(-c2ccc(OCc3ccccc3N(C)NNNC=O)c(C)c2)nn1. The minimum Gasteiger partial charge on any atom is -0.489 e. The van der Waals surface area contributed by atoms with Crippen LogP contribution in [-0.4, -0.2) is 30.0 Å². The molecule has 31 heavy (non-hydrogen) atoms. The number of rotatable bonds is 9. The number of benzene rings is 2. The quantitative estimate of drug-likeness (QED) is 0.203. The third kappa shape index (κ3) is 6.92. The van der Waals surface area contributed by atoms with Gasteiger partial charge in [-0.2, -0.15) is 21.3 Å². The molecule has 0 saturated carbocycles. The van der Waals surface area contributed by atoms with Crippen molar-refractivity contribution < 1.29 is 9.53 Å². The monoisotopic (exact) mass is 442 g/mol. The predicted octanol–water partition coefficient (Wildman–Crippen LogP) is 3.30. The Bertz CT molecular complexity index is 968. The summed E-state index contributed by atoms with van der Waals surface area (Å²) in [6.07, 6.45) is 2.02. The number of para-hydroxylation sites is 1. The van der Waals surface area contributed by atoms with Crippen molar-refractivity contribution in [3.8, 4) is 17.0 Å². The molecule has 3 aromatic rings. The Balaban J connectivity index is 0.00000166. The number of anilines is 1. The van der Waals surface area contributed by atoms with Crippen LogP contribution in [0, 0.1) is 13.8 Å². The van der Waals surface area contributed by atoms with Crippen LogP contribution in [0.4, 0.5) is 5.69 Å². The van der Waals surface area contributed by atoms with E-state index in [4.69, 9.17) is 4.74 Å². The topological polar surface area (TPSA) is 91.4 Å². The number of carbonyl (C=O) groups is 1. The third-order valence-corrected chi connectivity index (χ3v) is 4.36. The molecule has 1 amide bonds. The van der Waals surface area contributed by atoms with E-state index in [1.165, 1.54) is 6.38 Å². The van der Waals surface area contributed by atoms with Crippen LogP contribution in [0.2, 0.25) is 0 Å². The van der Waals surface area contributed by atoms with Crippen molar-refractivity contribution in [3.05, 3.63) is 71.4 Å². The van der Waals surface area contributed by atoms with E-state index >= 15 is 0 Å². The largest absolute Gasteiger partial charge is 0.489 e. The Labute approximate surface area is 187 Å². The highest BCUT2D eigenvalue weighted by Crippen LogP contribution is 2.27. The van der Waals surface area contributed by atoms with Gasteiger partial charge in [-0.25, -0.2) is 0 Å². The minimum atomic E-state index is 0.397. The molecule has 0 saturated heterocycles. The predicted molar refractivity (Wildman–Crippen MR) is 123 cm³/mol. The van der Waals surface area contributed by atoms with E-state index in [2.05, 4.69) is 38.3 Å². The van der Waals surface area contributed by atoms with Crippen LogP contribution in [0.15, 0.2) is 54.6 Å². The summed E-state index contributed by atoms with van der Waals surface area (Å²) >= 11 is 4.64. The molecule has 164 valence electrons. The first-order chi connectivity index (χ1) is 15.1. The van der Waals surface area contributed by atoms with Crippen LogP contribution < -0.4 is 26.2 Å². The first-order valence-corrected chi connectivity index (χ1v) is 10.3. The zero-order chi connectivity index (χ0) is 22.6. The van der Waals surface area contributed by atoms with E-state index in [9.17, 15) is 4.79 Å². The number of halogens is 1. The van der Waals surface area contributed by atoms with Crippen LogP contribution in [0.25, 0.3) is 11.3 Å². The average Bonchev–Trinajstić information content (AvgIpc) is 2.80. The maximum Gasteiger partial charge on any atom is 0.222 e. The molecule has 0 fully saturated rings. The number of aromatic nitrogens is 2. The highest BCUT2D eigenvalue weighted by atomic mass is 35.5. The molecule has 0 aliphatic carbocycles. The molecular formula is C22H27ClN6O2. The van der Waals surface area contributed by atoms with Gasteiger partial charge < -0.3 is 4.74 Å². The molecule has 0 unspecified atom stereocenters. The lowest BCUT2D eigenvalue weighted by molar-refractivity contribution is -0.110. The molecule has 8 nitrogen and oxygen atoms in total. The molecular weight excluding hydrogens is 416 g/mol. The number of alkyl halides is 1. The van der Waals surface area contributed by atoms with E-state index in [-0.39, 0.29) is 0 Å². The van der Waals surface area contributed by atoms with Gasteiger partial charge in [0, 0.05) is 24.6 Å². The average molecular weight is 443 g/mol. The molecule has 0 aliphatic rings. The minimum absolute atomic E-state index is 0.397. The molecule has 3 N–H and O–H groups in total. The first kappa shape index (κ1) is 24.1. The number of hydrogen-bond acceptors (Lipinski definition) is 7. The van der Waals surface area contributed by atoms with Crippen molar-refractivity contribution in [2.75, 3.05) is 18.4 Å². The standard InChI is InChI=1S/C21H24N6O2.CH3Cl/c1-15-12-17(19-10-8-16(2)23-24-19)9-11-21(15)29-13-18-6-4-5-7-20(18)27(3)26-25-22-14-28;1-2/h4-12,14,25-26H,13H2,1-3H3,(H,22,28);1H3. The fraction of sp³-hybridized carbons (Fsp3) is 0.227. The maximum absolute atomic E-state index is 10.4. The number of hydrazine groups is 3. The van der Waals surface area contributed by atoms with Crippen LogP contribution in [-0.2, 0) is 11.4 Å². The zero-order valence-electron chi connectivity index (χ0n) is 18.0. The highest BCUT2D eigenvalue weighted by molar-refractivity contribution is 6.15. The Morgan fingerprint density at radius 3 is 2.52 bits per heavy atom. The van der Waals surface area contributed by atoms with Crippen molar-refractivity contribution in [3.63, 3.8) is 0 Å². The van der Waals surface area contributed by atoms with Gasteiger partial charge in [-0.05, 0) is 55.8 Å². The normalized spacial score (nSPS) is 9.97. The fourth-order valence-corrected chi connectivity index (χ4v) is 2.84. The fourth-order valence-electron chi connectivity index (χ4n) is 2.84. The molecule has 9 heteroatoms.